The topological polar surface area (TPSA) is 71.1 Å². The van der Waals surface area contributed by atoms with Crippen molar-refractivity contribution < 1.29 is 17.2 Å². The molecular formula is C22H20ClF2N3O2S2. The summed E-state index contributed by atoms with van der Waals surface area (Å²) >= 11 is 7.37. The largest absolute Gasteiger partial charge is 0.383 e. The van der Waals surface area contributed by atoms with Gasteiger partial charge in [-0.05, 0) is 54.7 Å². The lowest BCUT2D eigenvalue weighted by Crippen LogP contribution is -2.19. The van der Waals surface area contributed by atoms with Crippen LogP contribution in [0.3, 0.4) is 0 Å². The average molecular weight is 496 g/mol. The van der Waals surface area contributed by atoms with Crippen molar-refractivity contribution in [2.75, 3.05) is 16.6 Å². The molecule has 0 amide bonds. The summed E-state index contributed by atoms with van der Waals surface area (Å²) in [6, 6.07) is 8.54. The number of allylic oxidation sites excluding steroid dienone is 1. The van der Waals surface area contributed by atoms with Gasteiger partial charge in [-0.25, -0.2) is 22.2 Å². The first-order valence-electron chi connectivity index (χ1n) is 9.95. The van der Waals surface area contributed by atoms with Gasteiger partial charge in [0.05, 0.1) is 10.7 Å². The van der Waals surface area contributed by atoms with Crippen molar-refractivity contribution in [3.8, 4) is 0 Å². The molecule has 4 rings (SSSR count). The molecular weight excluding hydrogens is 476 g/mol. The van der Waals surface area contributed by atoms with Crippen LogP contribution in [0, 0.1) is 17.6 Å². The van der Waals surface area contributed by atoms with Gasteiger partial charge in [0.15, 0.2) is 5.13 Å². The van der Waals surface area contributed by atoms with E-state index in [0.717, 1.165) is 53.9 Å². The first-order valence-corrected chi connectivity index (χ1v) is 12.7. The van der Waals surface area contributed by atoms with Crippen LogP contribution in [-0.2, 0) is 10.0 Å². The fraction of sp³-hybridized carbons (Fsp3) is 0.227. The molecule has 1 aromatic heterocycles. The predicted molar refractivity (Wildman–Crippen MR) is 125 cm³/mol. The molecule has 10 heteroatoms. The molecule has 2 aromatic carbocycles. The maximum absolute atomic E-state index is 14.7. The van der Waals surface area contributed by atoms with E-state index in [1.807, 2.05) is 0 Å². The monoisotopic (exact) mass is 495 g/mol. The molecule has 168 valence electrons. The fourth-order valence-electron chi connectivity index (χ4n) is 3.70. The highest BCUT2D eigenvalue weighted by Crippen LogP contribution is 2.34. The van der Waals surface area contributed by atoms with Gasteiger partial charge in [0, 0.05) is 24.0 Å². The van der Waals surface area contributed by atoms with Crippen molar-refractivity contribution in [1.29, 1.82) is 0 Å². The van der Waals surface area contributed by atoms with Crippen LogP contribution in [-0.4, -0.2) is 19.9 Å². The van der Waals surface area contributed by atoms with E-state index >= 15 is 0 Å². The maximum Gasteiger partial charge on any atom is 0.266 e. The van der Waals surface area contributed by atoms with Crippen LogP contribution in [0.1, 0.15) is 24.8 Å². The summed E-state index contributed by atoms with van der Waals surface area (Å²) in [6.45, 7) is 0.478. The highest BCUT2D eigenvalue weighted by atomic mass is 35.5. The second-order valence-corrected chi connectivity index (χ2v) is 10.3. The van der Waals surface area contributed by atoms with E-state index in [2.05, 4.69) is 21.1 Å². The minimum absolute atomic E-state index is 0.0917. The van der Waals surface area contributed by atoms with Crippen molar-refractivity contribution in [2.24, 2.45) is 5.92 Å². The Kier molecular flexibility index (Phi) is 6.78. The molecule has 1 heterocycles. The number of rotatable bonds is 7. The molecule has 0 saturated heterocycles. The molecule has 32 heavy (non-hydrogen) atoms. The summed E-state index contributed by atoms with van der Waals surface area (Å²) in [7, 11) is -4.17. The van der Waals surface area contributed by atoms with Crippen molar-refractivity contribution >= 4 is 49.4 Å². The van der Waals surface area contributed by atoms with Crippen LogP contribution < -0.4 is 10.0 Å². The van der Waals surface area contributed by atoms with Gasteiger partial charge in [0.2, 0.25) is 0 Å². The van der Waals surface area contributed by atoms with E-state index in [4.69, 9.17) is 11.6 Å². The van der Waals surface area contributed by atoms with Crippen LogP contribution >= 0.6 is 22.9 Å². The SMILES string of the molecule is O=S(=O)(Nc1nccs1)c1cc(Cl)c(NCC2CCCC=C2c2ccc(F)cc2)cc1F. The molecule has 0 aliphatic heterocycles. The Balaban J connectivity index is 1.51. The normalized spacial score (nSPS) is 16.5. The van der Waals surface area contributed by atoms with Gasteiger partial charge in [0.1, 0.15) is 16.5 Å². The Morgan fingerprint density at radius 2 is 1.97 bits per heavy atom. The molecule has 0 bridgehead atoms. The van der Waals surface area contributed by atoms with Crippen molar-refractivity contribution in [3.05, 3.63) is 76.3 Å². The van der Waals surface area contributed by atoms with E-state index in [9.17, 15) is 17.2 Å². The number of sulfonamides is 1. The molecule has 1 aliphatic rings. The number of benzene rings is 2. The second kappa shape index (κ2) is 9.56. The number of aromatic nitrogens is 1. The number of anilines is 2. The average Bonchev–Trinajstić information content (AvgIpc) is 3.27. The number of nitrogens with zero attached hydrogens (tertiary/aromatic N) is 1. The van der Waals surface area contributed by atoms with Gasteiger partial charge in [-0.15, -0.1) is 11.3 Å². The zero-order chi connectivity index (χ0) is 22.7. The fourth-order valence-corrected chi connectivity index (χ4v) is 5.87. The first-order chi connectivity index (χ1) is 15.3. The Bertz CT molecular complexity index is 1230. The molecule has 1 unspecified atom stereocenters. The third kappa shape index (κ3) is 5.11. The van der Waals surface area contributed by atoms with Gasteiger partial charge in [-0.1, -0.05) is 29.8 Å². The van der Waals surface area contributed by atoms with E-state index in [0.29, 0.717) is 12.2 Å². The van der Waals surface area contributed by atoms with Crippen LogP contribution in [0.2, 0.25) is 5.02 Å². The maximum atomic E-state index is 14.7. The molecule has 0 spiro atoms. The molecule has 2 N–H and O–H groups in total. The lowest BCUT2D eigenvalue weighted by Gasteiger charge is -2.26. The van der Waals surface area contributed by atoms with E-state index < -0.39 is 20.7 Å². The van der Waals surface area contributed by atoms with E-state index in [1.165, 1.54) is 18.3 Å². The van der Waals surface area contributed by atoms with Gasteiger partial charge in [-0.3, -0.25) is 4.72 Å². The Labute approximate surface area is 194 Å². The number of halogens is 3. The highest BCUT2D eigenvalue weighted by Gasteiger charge is 2.24. The van der Waals surface area contributed by atoms with Crippen molar-refractivity contribution in [3.63, 3.8) is 0 Å². The van der Waals surface area contributed by atoms with Crippen LogP contribution in [0.15, 0.2) is 58.9 Å². The molecule has 1 aliphatic carbocycles. The molecule has 0 fully saturated rings. The van der Waals surface area contributed by atoms with E-state index in [1.54, 1.807) is 17.5 Å². The zero-order valence-corrected chi connectivity index (χ0v) is 19.2. The van der Waals surface area contributed by atoms with Crippen LogP contribution in [0.25, 0.3) is 5.57 Å². The molecule has 3 aromatic rings. The summed E-state index contributed by atoms with van der Waals surface area (Å²) in [4.78, 5) is 3.30. The van der Waals surface area contributed by atoms with Crippen molar-refractivity contribution in [1.82, 2.24) is 4.98 Å². The second-order valence-electron chi connectivity index (χ2n) is 7.38. The number of hydrogen-bond donors (Lipinski definition) is 2. The number of hydrogen-bond acceptors (Lipinski definition) is 5. The quantitative estimate of drug-likeness (QED) is 0.411. The predicted octanol–water partition coefficient (Wildman–Crippen LogP) is 6.17. The molecule has 5 nitrogen and oxygen atoms in total. The third-order valence-electron chi connectivity index (χ3n) is 5.24. The standard InChI is InChI=1S/C22H20ClF2N3O2S2/c23-18-11-21(32(29,30)28-22-26-9-10-31-22)19(25)12-20(18)27-13-15-3-1-2-4-17(15)14-5-7-16(24)8-6-14/h4-12,15,27H,1-3,13H2,(H,26,28). The van der Waals surface area contributed by atoms with Crippen LogP contribution in [0.5, 0.6) is 0 Å². The number of thiazole rings is 1. The number of nitrogens with one attached hydrogen (secondary N) is 2. The molecule has 0 saturated carbocycles. The van der Waals surface area contributed by atoms with E-state index in [-0.39, 0.29) is 21.9 Å². The highest BCUT2D eigenvalue weighted by molar-refractivity contribution is 7.93. The minimum atomic E-state index is -4.17. The van der Waals surface area contributed by atoms with Gasteiger partial charge >= 0.3 is 0 Å². The minimum Gasteiger partial charge on any atom is -0.383 e. The summed E-state index contributed by atoms with van der Waals surface area (Å²) in [5, 5.41) is 4.98. The third-order valence-corrected chi connectivity index (χ3v) is 7.73. The summed E-state index contributed by atoms with van der Waals surface area (Å²) < 4.78 is 55.3. The first kappa shape index (κ1) is 22.7. The smallest absolute Gasteiger partial charge is 0.266 e. The summed E-state index contributed by atoms with van der Waals surface area (Å²) in [6.07, 6.45) is 6.46. The summed E-state index contributed by atoms with van der Waals surface area (Å²) in [5.41, 5.74) is 2.36. The Morgan fingerprint density at radius 3 is 2.69 bits per heavy atom. The van der Waals surface area contributed by atoms with Gasteiger partial charge in [0.25, 0.3) is 10.0 Å². The lowest BCUT2D eigenvalue weighted by molar-refractivity contribution is 0.568. The Hall–Kier alpha value is -2.49. The zero-order valence-electron chi connectivity index (χ0n) is 16.8. The Morgan fingerprint density at radius 1 is 1.19 bits per heavy atom. The van der Waals surface area contributed by atoms with Gasteiger partial charge in [-0.2, -0.15) is 0 Å². The van der Waals surface area contributed by atoms with Crippen LogP contribution in [0.4, 0.5) is 19.6 Å². The molecule has 1 atom stereocenters. The summed E-state index contributed by atoms with van der Waals surface area (Å²) in [5.74, 6) is -1.08. The molecule has 0 radical (unpaired) electrons. The van der Waals surface area contributed by atoms with Gasteiger partial charge < -0.3 is 5.32 Å². The lowest BCUT2D eigenvalue weighted by atomic mass is 9.83. The van der Waals surface area contributed by atoms with Crippen molar-refractivity contribution in [2.45, 2.75) is 24.2 Å².